The minimum absolute atomic E-state index is 0.110. The van der Waals surface area contributed by atoms with Crippen molar-refractivity contribution in [3.05, 3.63) is 45.9 Å². The van der Waals surface area contributed by atoms with Crippen molar-refractivity contribution in [3.63, 3.8) is 0 Å². The maximum absolute atomic E-state index is 11.7. The summed E-state index contributed by atoms with van der Waals surface area (Å²) in [6.45, 7) is 1.82. The van der Waals surface area contributed by atoms with E-state index in [1.165, 1.54) is 0 Å². The first-order valence-corrected chi connectivity index (χ1v) is 6.67. The summed E-state index contributed by atoms with van der Waals surface area (Å²) >= 11 is 4.13. The zero-order valence-electron chi connectivity index (χ0n) is 11.6. The van der Waals surface area contributed by atoms with E-state index >= 15 is 0 Å². The van der Waals surface area contributed by atoms with Crippen LogP contribution in [0.2, 0.25) is 0 Å². The summed E-state index contributed by atoms with van der Waals surface area (Å²) < 4.78 is 12.2. The van der Waals surface area contributed by atoms with E-state index < -0.39 is 0 Å². The Morgan fingerprint density at radius 3 is 2.60 bits per heavy atom. The van der Waals surface area contributed by atoms with E-state index in [4.69, 9.17) is 9.47 Å². The standard InChI is InChI=1S/C14H16N2O3S/c1-9-6-13(17)11(8-20)15-16(9)12-5-4-10(18-2)7-14(12)19-3/h4-7,20H,8H2,1-3H3. The molecule has 1 aromatic heterocycles. The topological polar surface area (TPSA) is 53.4 Å². The average molecular weight is 292 g/mol. The lowest BCUT2D eigenvalue weighted by Gasteiger charge is -2.15. The van der Waals surface area contributed by atoms with E-state index in [1.54, 1.807) is 31.0 Å². The number of thiol groups is 1. The van der Waals surface area contributed by atoms with Gasteiger partial charge in [-0.3, -0.25) is 4.79 Å². The van der Waals surface area contributed by atoms with Crippen molar-refractivity contribution in [2.24, 2.45) is 0 Å². The molecule has 0 bridgehead atoms. The third-order valence-corrected chi connectivity index (χ3v) is 3.24. The molecule has 0 aliphatic carbocycles. The Kier molecular flexibility index (Phi) is 4.34. The van der Waals surface area contributed by atoms with Crippen molar-refractivity contribution in [1.82, 2.24) is 9.78 Å². The molecule has 1 heterocycles. The van der Waals surface area contributed by atoms with Gasteiger partial charge in [-0.25, -0.2) is 4.68 Å². The van der Waals surface area contributed by atoms with E-state index in [2.05, 4.69) is 17.7 Å². The van der Waals surface area contributed by atoms with Crippen LogP contribution in [0.1, 0.15) is 11.4 Å². The Morgan fingerprint density at radius 1 is 1.25 bits per heavy atom. The number of nitrogens with zero attached hydrogens (tertiary/aromatic N) is 2. The molecule has 5 nitrogen and oxygen atoms in total. The van der Waals surface area contributed by atoms with Crippen LogP contribution in [0.3, 0.4) is 0 Å². The summed E-state index contributed by atoms with van der Waals surface area (Å²) in [6, 6.07) is 6.97. The monoisotopic (exact) mass is 292 g/mol. The molecule has 0 saturated carbocycles. The van der Waals surface area contributed by atoms with Crippen LogP contribution in [-0.2, 0) is 5.75 Å². The molecule has 0 saturated heterocycles. The van der Waals surface area contributed by atoms with Crippen molar-refractivity contribution >= 4 is 12.6 Å². The van der Waals surface area contributed by atoms with Gasteiger partial charge < -0.3 is 9.47 Å². The number of aryl methyl sites for hydroxylation is 1. The second-order valence-corrected chi connectivity index (χ2v) is 4.52. The Labute approximate surface area is 122 Å². The predicted molar refractivity (Wildman–Crippen MR) is 80.4 cm³/mol. The van der Waals surface area contributed by atoms with E-state index in [0.717, 1.165) is 11.4 Å². The number of hydrogen-bond donors (Lipinski definition) is 1. The Bertz CT molecular complexity index is 683. The number of methoxy groups -OCH3 is 2. The van der Waals surface area contributed by atoms with E-state index in [0.29, 0.717) is 17.2 Å². The lowest BCUT2D eigenvalue weighted by molar-refractivity contribution is 0.392. The van der Waals surface area contributed by atoms with Gasteiger partial charge in [0.25, 0.3) is 0 Å². The highest BCUT2D eigenvalue weighted by Gasteiger charge is 2.11. The molecule has 2 rings (SSSR count). The van der Waals surface area contributed by atoms with Crippen LogP contribution >= 0.6 is 12.6 Å². The molecule has 0 atom stereocenters. The fourth-order valence-electron chi connectivity index (χ4n) is 1.90. The minimum atomic E-state index is -0.110. The third-order valence-electron chi connectivity index (χ3n) is 2.94. The van der Waals surface area contributed by atoms with Crippen LogP contribution in [0.15, 0.2) is 29.1 Å². The molecule has 106 valence electrons. The van der Waals surface area contributed by atoms with Gasteiger partial charge >= 0.3 is 0 Å². The maximum atomic E-state index is 11.7. The van der Waals surface area contributed by atoms with Gasteiger partial charge in [0, 0.05) is 23.6 Å². The molecule has 0 fully saturated rings. The molecular weight excluding hydrogens is 276 g/mol. The van der Waals surface area contributed by atoms with Crippen LogP contribution in [0, 0.1) is 6.92 Å². The maximum Gasteiger partial charge on any atom is 0.204 e. The SMILES string of the molecule is COc1ccc(-n2nc(CS)c(=O)cc2C)c(OC)c1. The van der Waals surface area contributed by atoms with E-state index in [-0.39, 0.29) is 11.2 Å². The zero-order chi connectivity index (χ0) is 14.7. The van der Waals surface area contributed by atoms with Gasteiger partial charge in [-0.05, 0) is 19.1 Å². The second-order valence-electron chi connectivity index (χ2n) is 4.20. The van der Waals surface area contributed by atoms with E-state index in [9.17, 15) is 4.79 Å². The first kappa shape index (κ1) is 14.5. The van der Waals surface area contributed by atoms with Crippen molar-refractivity contribution in [3.8, 4) is 17.2 Å². The second kappa shape index (κ2) is 6.00. The van der Waals surface area contributed by atoms with Crippen LogP contribution in [0.5, 0.6) is 11.5 Å². The molecule has 1 aromatic carbocycles. The molecule has 2 aromatic rings. The van der Waals surface area contributed by atoms with Crippen LogP contribution in [-0.4, -0.2) is 24.0 Å². The molecule has 0 radical (unpaired) electrons. The largest absolute Gasteiger partial charge is 0.497 e. The number of hydrogen-bond acceptors (Lipinski definition) is 5. The minimum Gasteiger partial charge on any atom is -0.497 e. The summed E-state index contributed by atoms with van der Waals surface area (Å²) in [5, 5.41) is 4.33. The summed E-state index contributed by atoms with van der Waals surface area (Å²) in [5.74, 6) is 1.60. The van der Waals surface area contributed by atoms with Crippen molar-refractivity contribution in [2.75, 3.05) is 14.2 Å². The zero-order valence-corrected chi connectivity index (χ0v) is 12.5. The van der Waals surface area contributed by atoms with Gasteiger partial charge in [0.2, 0.25) is 5.43 Å². The summed E-state index contributed by atoms with van der Waals surface area (Å²) in [6.07, 6.45) is 0. The van der Waals surface area contributed by atoms with Crippen molar-refractivity contribution < 1.29 is 9.47 Å². The van der Waals surface area contributed by atoms with Crippen LogP contribution in [0.4, 0.5) is 0 Å². The quantitative estimate of drug-likeness (QED) is 0.876. The van der Waals surface area contributed by atoms with Crippen molar-refractivity contribution in [2.45, 2.75) is 12.7 Å². The Hall–Kier alpha value is -1.95. The molecule has 6 heteroatoms. The molecular formula is C14H16N2O3S. The Balaban J connectivity index is 2.64. The van der Waals surface area contributed by atoms with Gasteiger partial charge in [0.05, 0.1) is 14.2 Å². The summed E-state index contributed by atoms with van der Waals surface area (Å²) in [5.41, 5.74) is 1.76. The fraction of sp³-hybridized carbons (Fsp3) is 0.286. The lowest BCUT2D eigenvalue weighted by Crippen LogP contribution is -2.18. The van der Waals surface area contributed by atoms with Gasteiger partial charge in [-0.2, -0.15) is 17.7 Å². The smallest absolute Gasteiger partial charge is 0.204 e. The summed E-state index contributed by atoms with van der Waals surface area (Å²) in [4.78, 5) is 11.7. The molecule has 20 heavy (non-hydrogen) atoms. The molecule has 0 spiro atoms. The number of benzene rings is 1. The van der Waals surface area contributed by atoms with Gasteiger partial charge in [0.1, 0.15) is 22.9 Å². The molecule has 0 amide bonds. The first-order chi connectivity index (χ1) is 9.60. The number of rotatable bonds is 4. The number of aromatic nitrogens is 2. The fourth-order valence-corrected chi connectivity index (χ4v) is 2.12. The Morgan fingerprint density at radius 2 is 2.00 bits per heavy atom. The van der Waals surface area contributed by atoms with Gasteiger partial charge in [-0.1, -0.05) is 0 Å². The molecule has 0 unspecified atom stereocenters. The molecule has 0 N–H and O–H groups in total. The lowest BCUT2D eigenvalue weighted by atomic mass is 10.2. The normalized spacial score (nSPS) is 10.4. The van der Waals surface area contributed by atoms with Crippen LogP contribution in [0.25, 0.3) is 5.69 Å². The number of ether oxygens (including phenoxy) is 2. The van der Waals surface area contributed by atoms with E-state index in [1.807, 2.05) is 19.1 Å². The third kappa shape index (κ3) is 2.65. The van der Waals surface area contributed by atoms with Crippen molar-refractivity contribution in [1.29, 1.82) is 0 Å². The highest BCUT2D eigenvalue weighted by atomic mass is 32.1. The van der Waals surface area contributed by atoms with Crippen LogP contribution < -0.4 is 14.9 Å². The predicted octanol–water partition coefficient (Wildman–Crippen LogP) is 1.99. The average Bonchev–Trinajstić information content (AvgIpc) is 2.47. The molecule has 0 aliphatic heterocycles. The highest BCUT2D eigenvalue weighted by molar-refractivity contribution is 7.79. The highest BCUT2D eigenvalue weighted by Crippen LogP contribution is 2.27. The summed E-state index contributed by atoms with van der Waals surface area (Å²) in [7, 11) is 3.17. The molecule has 0 aliphatic rings. The van der Waals surface area contributed by atoms with Gasteiger partial charge in [0.15, 0.2) is 0 Å². The van der Waals surface area contributed by atoms with Gasteiger partial charge in [-0.15, -0.1) is 0 Å². The first-order valence-electron chi connectivity index (χ1n) is 6.03.